The third-order valence-corrected chi connectivity index (χ3v) is 4.42. The van der Waals surface area contributed by atoms with Crippen LogP contribution in [0.1, 0.15) is 19.8 Å². The molecule has 1 aromatic carbocycles. The molecular weight excluding hydrogens is 378 g/mol. The van der Waals surface area contributed by atoms with Crippen LogP contribution in [0, 0.1) is 0 Å². The van der Waals surface area contributed by atoms with Gasteiger partial charge in [0.1, 0.15) is 6.04 Å². The summed E-state index contributed by atoms with van der Waals surface area (Å²) in [4.78, 5) is 28.9. The van der Waals surface area contributed by atoms with Crippen molar-refractivity contribution in [1.82, 2.24) is 10.3 Å². The number of aromatic nitrogens is 1. The Hall–Kier alpha value is -2.71. The fourth-order valence-electron chi connectivity index (χ4n) is 2.21. The first-order valence-corrected chi connectivity index (χ1v) is 9.95. The van der Waals surface area contributed by atoms with Gasteiger partial charge >= 0.3 is 6.09 Å². The number of amides is 2. The highest BCUT2D eigenvalue weighted by Crippen LogP contribution is 2.24. The van der Waals surface area contributed by atoms with Crippen LogP contribution in [0.2, 0.25) is 0 Å². The summed E-state index contributed by atoms with van der Waals surface area (Å²) in [6, 6.07) is 8.76. The standard InChI is InChI=1S/C20H25N3O4S/c1-3-5-12-27-20(25)22-16(13-26-11-4-2)18(24)23-19-21-17(14-28-19)15-9-7-6-8-10-15/h4,6-10,14,16H,2-3,5,11-13H2,1H3,(H,22,25)(H,21,23,24)/t16-/m0/s1. The summed E-state index contributed by atoms with van der Waals surface area (Å²) in [5, 5.41) is 7.57. The average Bonchev–Trinajstić information content (AvgIpc) is 3.16. The maximum absolute atomic E-state index is 12.6. The number of anilines is 1. The van der Waals surface area contributed by atoms with E-state index < -0.39 is 18.0 Å². The molecule has 28 heavy (non-hydrogen) atoms. The molecule has 7 nitrogen and oxygen atoms in total. The lowest BCUT2D eigenvalue weighted by Gasteiger charge is -2.17. The van der Waals surface area contributed by atoms with Crippen LogP contribution in [-0.4, -0.2) is 42.8 Å². The molecule has 0 aliphatic heterocycles. The Kier molecular flexibility index (Phi) is 9.17. The van der Waals surface area contributed by atoms with Crippen molar-refractivity contribution in [3.05, 3.63) is 48.4 Å². The number of hydrogen-bond donors (Lipinski definition) is 2. The molecule has 0 unspecified atom stereocenters. The minimum atomic E-state index is -0.904. The van der Waals surface area contributed by atoms with Crippen LogP contribution in [-0.2, 0) is 14.3 Å². The molecule has 0 saturated heterocycles. The molecule has 1 heterocycles. The van der Waals surface area contributed by atoms with E-state index in [-0.39, 0.29) is 13.2 Å². The first kappa shape index (κ1) is 21.6. The van der Waals surface area contributed by atoms with Gasteiger partial charge in [0.05, 0.1) is 25.5 Å². The lowest BCUT2D eigenvalue weighted by atomic mass is 10.2. The lowest BCUT2D eigenvalue weighted by molar-refractivity contribution is -0.119. The summed E-state index contributed by atoms with van der Waals surface area (Å²) < 4.78 is 10.4. The number of rotatable bonds is 11. The summed E-state index contributed by atoms with van der Waals surface area (Å²) in [5.41, 5.74) is 1.73. The molecule has 2 amide bonds. The highest BCUT2D eigenvalue weighted by molar-refractivity contribution is 7.14. The Balaban J connectivity index is 1.97. The van der Waals surface area contributed by atoms with Gasteiger partial charge in [0.25, 0.3) is 5.91 Å². The van der Waals surface area contributed by atoms with Gasteiger partial charge < -0.3 is 20.1 Å². The van der Waals surface area contributed by atoms with E-state index >= 15 is 0 Å². The topological polar surface area (TPSA) is 89.5 Å². The van der Waals surface area contributed by atoms with E-state index in [2.05, 4.69) is 22.2 Å². The van der Waals surface area contributed by atoms with Crippen molar-refractivity contribution in [1.29, 1.82) is 0 Å². The highest BCUT2D eigenvalue weighted by atomic mass is 32.1. The zero-order valence-corrected chi connectivity index (χ0v) is 16.7. The number of ether oxygens (including phenoxy) is 2. The number of hydrogen-bond acceptors (Lipinski definition) is 6. The van der Waals surface area contributed by atoms with Crippen molar-refractivity contribution in [2.24, 2.45) is 0 Å². The van der Waals surface area contributed by atoms with E-state index in [0.29, 0.717) is 11.7 Å². The minimum Gasteiger partial charge on any atom is -0.450 e. The molecule has 2 rings (SSSR count). The maximum Gasteiger partial charge on any atom is 0.407 e. The zero-order valence-electron chi connectivity index (χ0n) is 15.8. The Morgan fingerprint density at radius 1 is 1.32 bits per heavy atom. The number of nitrogens with zero attached hydrogens (tertiary/aromatic N) is 1. The number of carbonyl (C=O) groups excluding carboxylic acids is 2. The zero-order chi connectivity index (χ0) is 20.2. The van der Waals surface area contributed by atoms with Crippen molar-refractivity contribution in [2.45, 2.75) is 25.8 Å². The minimum absolute atomic E-state index is 0.00233. The smallest absolute Gasteiger partial charge is 0.407 e. The number of thiazole rings is 1. The summed E-state index contributed by atoms with van der Waals surface area (Å²) in [5.74, 6) is -0.425. The quantitative estimate of drug-likeness (QED) is 0.439. The third kappa shape index (κ3) is 7.13. The molecule has 0 radical (unpaired) electrons. The predicted octanol–water partition coefficient (Wildman–Crippen LogP) is 3.85. The summed E-state index contributed by atoms with van der Waals surface area (Å²) in [6.45, 7) is 6.13. The molecule has 0 aliphatic carbocycles. The van der Waals surface area contributed by atoms with Gasteiger partial charge in [-0.15, -0.1) is 17.9 Å². The van der Waals surface area contributed by atoms with E-state index in [4.69, 9.17) is 9.47 Å². The molecule has 2 N–H and O–H groups in total. The number of benzene rings is 1. The van der Waals surface area contributed by atoms with Crippen LogP contribution in [0.15, 0.2) is 48.4 Å². The summed E-state index contributed by atoms with van der Waals surface area (Å²) >= 11 is 1.31. The van der Waals surface area contributed by atoms with Crippen molar-refractivity contribution in [3.8, 4) is 11.3 Å². The number of alkyl carbamates (subject to hydrolysis) is 1. The highest BCUT2D eigenvalue weighted by Gasteiger charge is 2.23. The van der Waals surface area contributed by atoms with Gasteiger partial charge in [0.15, 0.2) is 5.13 Å². The molecule has 0 fully saturated rings. The van der Waals surface area contributed by atoms with Crippen LogP contribution in [0.5, 0.6) is 0 Å². The van der Waals surface area contributed by atoms with Gasteiger partial charge in [-0.2, -0.15) is 0 Å². The molecule has 0 saturated carbocycles. The molecule has 1 aromatic heterocycles. The van der Waals surface area contributed by atoms with Crippen LogP contribution < -0.4 is 10.6 Å². The van der Waals surface area contributed by atoms with Gasteiger partial charge in [0.2, 0.25) is 0 Å². The monoisotopic (exact) mass is 403 g/mol. The number of nitrogens with one attached hydrogen (secondary N) is 2. The Morgan fingerprint density at radius 2 is 2.11 bits per heavy atom. The van der Waals surface area contributed by atoms with Crippen LogP contribution in [0.25, 0.3) is 11.3 Å². The normalized spacial score (nSPS) is 11.5. The molecule has 0 aliphatic rings. The molecular formula is C20H25N3O4S. The first-order valence-electron chi connectivity index (χ1n) is 9.07. The van der Waals surface area contributed by atoms with E-state index in [1.165, 1.54) is 11.3 Å². The summed E-state index contributed by atoms with van der Waals surface area (Å²) in [7, 11) is 0. The van der Waals surface area contributed by atoms with Crippen LogP contribution in [0.4, 0.5) is 9.93 Å². The first-order chi connectivity index (χ1) is 13.6. The van der Waals surface area contributed by atoms with Crippen molar-refractivity contribution < 1.29 is 19.1 Å². The van der Waals surface area contributed by atoms with Crippen molar-refractivity contribution in [3.63, 3.8) is 0 Å². The molecule has 2 aromatic rings. The van der Waals surface area contributed by atoms with E-state index in [0.717, 1.165) is 24.1 Å². The average molecular weight is 404 g/mol. The van der Waals surface area contributed by atoms with E-state index in [9.17, 15) is 9.59 Å². The lowest BCUT2D eigenvalue weighted by Crippen LogP contribution is -2.47. The van der Waals surface area contributed by atoms with Crippen LogP contribution >= 0.6 is 11.3 Å². The van der Waals surface area contributed by atoms with Crippen molar-refractivity contribution >= 4 is 28.5 Å². The molecule has 1 atom stereocenters. The van der Waals surface area contributed by atoms with Crippen LogP contribution in [0.3, 0.4) is 0 Å². The van der Waals surface area contributed by atoms with Gasteiger partial charge in [-0.3, -0.25) is 4.79 Å². The Bertz CT molecular complexity index is 764. The molecule has 0 bridgehead atoms. The van der Waals surface area contributed by atoms with E-state index in [1.807, 2.05) is 42.6 Å². The van der Waals surface area contributed by atoms with Crippen molar-refractivity contribution in [2.75, 3.05) is 25.1 Å². The van der Waals surface area contributed by atoms with Gasteiger partial charge in [-0.05, 0) is 6.42 Å². The summed E-state index contributed by atoms with van der Waals surface area (Å²) in [6.07, 6.45) is 2.59. The predicted molar refractivity (Wildman–Crippen MR) is 110 cm³/mol. The second kappa shape index (κ2) is 11.9. The molecule has 150 valence electrons. The number of carbonyl (C=O) groups is 2. The Labute approximate surface area is 168 Å². The van der Waals surface area contributed by atoms with Gasteiger partial charge in [-0.1, -0.05) is 49.8 Å². The number of unbranched alkanes of at least 4 members (excludes halogenated alkanes) is 1. The largest absolute Gasteiger partial charge is 0.450 e. The fraction of sp³-hybridized carbons (Fsp3) is 0.350. The third-order valence-electron chi connectivity index (χ3n) is 3.66. The maximum atomic E-state index is 12.6. The Morgan fingerprint density at radius 3 is 2.82 bits per heavy atom. The fourth-order valence-corrected chi connectivity index (χ4v) is 2.93. The van der Waals surface area contributed by atoms with E-state index in [1.54, 1.807) is 6.08 Å². The second-order valence-electron chi connectivity index (χ2n) is 5.91. The van der Waals surface area contributed by atoms with Gasteiger partial charge in [-0.25, -0.2) is 9.78 Å². The van der Waals surface area contributed by atoms with Gasteiger partial charge in [0, 0.05) is 10.9 Å². The SMILES string of the molecule is C=CCOC[C@H](NC(=O)OCCCC)C(=O)Nc1nc(-c2ccccc2)cs1. The second-order valence-corrected chi connectivity index (χ2v) is 6.76. The molecule has 0 spiro atoms. The molecule has 8 heteroatoms.